The second-order valence-electron chi connectivity index (χ2n) is 8.84. The number of likely N-dealkylation sites (N-methyl/N-ethyl adjacent to an activating group) is 1. The molecule has 0 amide bonds. The molecular weight excluding hydrogens is 426 g/mol. The van der Waals surface area contributed by atoms with E-state index in [9.17, 15) is 0 Å². The Morgan fingerprint density at radius 3 is 2.62 bits per heavy atom. The van der Waals surface area contributed by atoms with Crippen LogP contribution in [0.25, 0.3) is 27.8 Å². The number of H-pyrrole nitrogens is 1. The summed E-state index contributed by atoms with van der Waals surface area (Å²) in [7, 11) is 2.17. The summed E-state index contributed by atoms with van der Waals surface area (Å²) in [5.74, 6) is 1.65. The molecule has 2 aromatic carbocycles. The van der Waals surface area contributed by atoms with Crippen molar-refractivity contribution in [3.63, 3.8) is 0 Å². The van der Waals surface area contributed by atoms with Gasteiger partial charge in [-0.3, -0.25) is 0 Å². The van der Waals surface area contributed by atoms with Crippen LogP contribution in [-0.4, -0.2) is 62.9 Å². The molecule has 0 atom stereocenters. The van der Waals surface area contributed by atoms with E-state index in [0.29, 0.717) is 17.6 Å². The third-order valence-corrected chi connectivity index (χ3v) is 6.54. The van der Waals surface area contributed by atoms with Crippen LogP contribution in [0.2, 0.25) is 0 Å². The molecule has 0 unspecified atom stereocenters. The number of benzene rings is 2. The number of piperazine rings is 1. The third kappa shape index (κ3) is 3.50. The summed E-state index contributed by atoms with van der Waals surface area (Å²) in [4.78, 5) is 17.6. The maximum Gasteiger partial charge on any atom is 0.231 e. The molecule has 0 radical (unpaired) electrons. The summed E-state index contributed by atoms with van der Waals surface area (Å²) in [6.07, 6.45) is 1.86. The standard InChI is InChI=1S/C25H27N9/c1-16-15-17(33-13-11-32(2)12-14-33)7-8-20(16)28-25-29-23-19(9-10-27-23)24(30-25)34-21-6-4-3-5-18(21)22(26)31-34/h3-10,15H,11-14H2,1-2H3,(H2,26,31)(H2,27,28,29,30). The lowest BCUT2D eigenvalue weighted by molar-refractivity contribution is 0.313. The van der Waals surface area contributed by atoms with Crippen molar-refractivity contribution < 1.29 is 0 Å². The molecule has 1 aliphatic heterocycles. The van der Waals surface area contributed by atoms with E-state index < -0.39 is 0 Å². The van der Waals surface area contributed by atoms with Crippen LogP contribution >= 0.6 is 0 Å². The summed E-state index contributed by atoms with van der Waals surface area (Å²) >= 11 is 0. The smallest absolute Gasteiger partial charge is 0.231 e. The highest BCUT2D eigenvalue weighted by Gasteiger charge is 2.18. The lowest BCUT2D eigenvalue weighted by atomic mass is 10.1. The zero-order valence-electron chi connectivity index (χ0n) is 19.3. The number of hydrogen-bond acceptors (Lipinski definition) is 7. The molecule has 1 saturated heterocycles. The minimum Gasteiger partial charge on any atom is -0.382 e. The van der Waals surface area contributed by atoms with Crippen LogP contribution in [0.15, 0.2) is 54.7 Å². The first kappa shape index (κ1) is 20.5. The molecule has 1 fully saturated rings. The fourth-order valence-corrected chi connectivity index (χ4v) is 4.56. The van der Waals surface area contributed by atoms with Crippen molar-refractivity contribution in [1.29, 1.82) is 0 Å². The first-order valence-corrected chi connectivity index (χ1v) is 11.5. The lowest BCUT2D eigenvalue weighted by Crippen LogP contribution is -2.44. The minimum atomic E-state index is 0.475. The summed E-state index contributed by atoms with van der Waals surface area (Å²) in [5.41, 5.74) is 11.2. The van der Waals surface area contributed by atoms with E-state index in [0.717, 1.165) is 59.4 Å². The largest absolute Gasteiger partial charge is 0.382 e. The van der Waals surface area contributed by atoms with Gasteiger partial charge in [0, 0.05) is 49.1 Å². The quantitative estimate of drug-likeness (QED) is 0.381. The second kappa shape index (κ2) is 8.03. The number of nitrogen functional groups attached to an aromatic ring is 1. The Morgan fingerprint density at radius 1 is 0.971 bits per heavy atom. The Morgan fingerprint density at radius 2 is 1.79 bits per heavy atom. The average molecular weight is 454 g/mol. The van der Waals surface area contributed by atoms with Gasteiger partial charge in [-0.2, -0.15) is 9.97 Å². The van der Waals surface area contributed by atoms with E-state index in [-0.39, 0.29) is 0 Å². The van der Waals surface area contributed by atoms with Crippen molar-refractivity contribution in [2.75, 3.05) is 49.2 Å². The maximum atomic E-state index is 6.19. The molecule has 0 bridgehead atoms. The predicted molar refractivity (Wildman–Crippen MR) is 137 cm³/mol. The van der Waals surface area contributed by atoms with Gasteiger partial charge in [-0.1, -0.05) is 12.1 Å². The van der Waals surface area contributed by atoms with Gasteiger partial charge in [-0.25, -0.2) is 4.68 Å². The van der Waals surface area contributed by atoms with Gasteiger partial charge in [-0.05, 0) is 55.9 Å². The maximum absolute atomic E-state index is 6.19. The molecule has 4 heterocycles. The van der Waals surface area contributed by atoms with Gasteiger partial charge in [0.15, 0.2) is 11.6 Å². The molecular formula is C25H27N9. The molecule has 4 N–H and O–H groups in total. The Balaban J connectivity index is 1.36. The van der Waals surface area contributed by atoms with E-state index in [1.54, 1.807) is 4.68 Å². The fraction of sp³-hybridized carbons (Fsp3) is 0.240. The lowest BCUT2D eigenvalue weighted by Gasteiger charge is -2.34. The summed E-state index contributed by atoms with van der Waals surface area (Å²) in [5, 5.41) is 9.77. The number of aryl methyl sites for hydroxylation is 1. The Kier molecular flexibility index (Phi) is 4.84. The van der Waals surface area contributed by atoms with E-state index in [2.05, 4.69) is 57.4 Å². The number of aromatic nitrogens is 5. The van der Waals surface area contributed by atoms with Gasteiger partial charge >= 0.3 is 0 Å². The van der Waals surface area contributed by atoms with Crippen LogP contribution in [0.5, 0.6) is 0 Å². The van der Waals surface area contributed by atoms with Gasteiger partial charge in [0.1, 0.15) is 5.65 Å². The van der Waals surface area contributed by atoms with Crippen molar-refractivity contribution >= 4 is 45.1 Å². The molecule has 6 rings (SSSR count). The molecule has 34 heavy (non-hydrogen) atoms. The Bertz CT molecular complexity index is 1490. The van der Waals surface area contributed by atoms with Crippen LogP contribution in [0, 0.1) is 6.92 Å². The number of para-hydroxylation sites is 1. The number of fused-ring (bicyclic) bond motifs is 2. The highest BCUT2D eigenvalue weighted by Crippen LogP contribution is 2.29. The van der Waals surface area contributed by atoms with Crippen molar-refractivity contribution in [2.45, 2.75) is 6.92 Å². The molecule has 9 nitrogen and oxygen atoms in total. The predicted octanol–water partition coefficient (Wildman–Crippen LogP) is 3.68. The minimum absolute atomic E-state index is 0.475. The monoisotopic (exact) mass is 453 g/mol. The van der Waals surface area contributed by atoms with Gasteiger partial charge < -0.3 is 25.8 Å². The number of rotatable bonds is 4. The number of hydrogen-bond donors (Lipinski definition) is 3. The van der Waals surface area contributed by atoms with Crippen molar-refractivity contribution in [1.82, 2.24) is 29.6 Å². The Hall–Kier alpha value is -4.11. The number of aromatic amines is 1. The summed E-state index contributed by atoms with van der Waals surface area (Å²) in [6, 6.07) is 16.3. The third-order valence-electron chi connectivity index (χ3n) is 6.54. The summed E-state index contributed by atoms with van der Waals surface area (Å²) in [6.45, 7) is 6.36. The number of anilines is 4. The Labute approximate surface area is 197 Å². The molecule has 0 spiro atoms. The zero-order chi connectivity index (χ0) is 23.2. The SMILES string of the molecule is Cc1cc(N2CCN(C)CC2)ccc1Nc1nc(-n2nc(N)c3ccccc32)c2cc[nH]c2n1. The van der Waals surface area contributed by atoms with E-state index in [4.69, 9.17) is 15.7 Å². The molecule has 3 aromatic heterocycles. The topological polar surface area (TPSA) is 104 Å². The van der Waals surface area contributed by atoms with Crippen LogP contribution < -0.4 is 16.0 Å². The van der Waals surface area contributed by atoms with Gasteiger partial charge in [0.05, 0.1) is 10.9 Å². The highest BCUT2D eigenvalue weighted by molar-refractivity contribution is 5.93. The van der Waals surface area contributed by atoms with E-state index in [1.807, 2.05) is 36.5 Å². The number of nitrogens with zero attached hydrogens (tertiary/aromatic N) is 6. The van der Waals surface area contributed by atoms with Crippen LogP contribution in [-0.2, 0) is 0 Å². The van der Waals surface area contributed by atoms with E-state index in [1.165, 1.54) is 5.69 Å². The first-order chi connectivity index (χ1) is 16.6. The normalized spacial score (nSPS) is 14.8. The van der Waals surface area contributed by atoms with Crippen molar-refractivity contribution in [3.8, 4) is 5.82 Å². The highest BCUT2D eigenvalue weighted by atomic mass is 15.3. The molecule has 0 saturated carbocycles. The number of nitrogens with one attached hydrogen (secondary N) is 2. The molecule has 5 aromatic rings. The average Bonchev–Trinajstić information content (AvgIpc) is 3.45. The molecule has 1 aliphatic rings. The molecule has 0 aliphatic carbocycles. The second-order valence-corrected chi connectivity index (χ2v) is 8.84. The number of nitrogens with two attached hydrogens (primary N) is 1. The zero-order valence-corrected chi connectivity index (χ0v) is 19.3. The van der Waals surface area contributed by atoms with Gasteiger partial charge in [-0.15, -0.1) is 5.10 Å². The fourth-order valence-electron chi connectivity index (χ4n) is 4.56. The molecule has 9 heteroatoms. The van der Waals surface area contributed by atoms with Crippen molar-refractivity contribution in [2.24, 2.45) is 0 Å². The first-order valence-electron chi connectivity index (χ1n) is 11.5. The van der Waals surface area contributed by atoms with Gasteiger partial charge in [0.25, 0.3) is 0 Å². The summed E-state index contributed by atoms with van der Waals surface area (Å²) < 4.78 is 1.79. The van der Waals surface area contributed by atoms with E-state index >= 15 is 0 Å². The van der Waals surface area contributed by atoms with Crippen LogP contribution in [0.4, 0.5) is 23.1 Å². The van der Waals surface area contributed by atoms with Crippen LogP contribution in [0.3, 0.4) is 0 Å². The van der Waals surface area contributed by atoms with Crippen LogP contribution in [0.1, 0.15) is 5.56 Å². The van der Waals surface area contributed by atoms with Crippen molar-refractivity contribution in [3.05, 3.63) is 60.3 Å². The van der Waals surface area contributed by atoms with Gasteiger partial charge in [0.2, 0.25) is 5.95 Å². The molecule has 172 valence electrons.